The number of rotatable bonds is 7. The molecule has 1 N–H and O–H groups in total. The molecule has 4 nitrogen and oxygen atoms in total. The first-order chi connectivity index (χ1) is 17.0. The van der Waals surface area contributed by atoms with Gasteiger partial charge in [-0.2, -0.15) is 0 Å². The van der Waals surface area contributed by atoms with E-state index in [9.17, 15) is 13.2 Å². The lowest BCUT2D eigenvalue weighted by molar-refractivity contribution is 0.215. The van der Waals surface area contributed by atoms with Gasteiger partial charge in [0.05, 0.1) is 11.6 Å². The number of aryl methyl sites for hydroxylation is 1. The van der Waals surface area contributed by atoms with Crippen molar-refractivity contribution >= 4 is 23.1 Å². The van der Waals surface area contributed by atoms with Crippen LogP contribution in [-0.4, -0.2) is 27.5 Å². The van der Waals surface area contributed by atoms with E-state index < -0.39 is 5.82 Å². The molecular formula is C27H24ClF3N4. The maximum absolute atomic E-state index is 14.1. The Kier molecular flexibility index (Phi) is 6.79. The summed E-state index contributed by atoms with van der Waals surface area (Å²) in [6, 6.07) is 17.6. The Morgan fingerprint density at radius 2 is 1.71 bits per heavy atom. The van der Waals surface area contributed by atoms with Gasteiger partial charge in [0.25, 0.3) is 0 Å². The minimum absolute atomic E-state index is 0.0515. The second kappa shape index (κ2) is 10.1. The molecule has 35 heavy (non-hydrogen) atoms. The number of benzene rings is 3. The van der Waals surface area contributed by atoms with E-state index in [1.807, 2.05) is 12.1 Å². The third-order valence-electron chi connectivity index (χ3n) is 6.23. The van der Waals surface area contributed by atoms with Crippen LogP contribution >= 0.6 is 11.6 Å². The zero-order valence-electron chi connectivity index (χ0n) is 18.9. The minimum Gasteiger partial charge on any atom is -0.340 e. The van der Waals surface area contributed by atoms with Gasteiger partial charge >= 0.3 is 0 Å². The van der Waals surface area contributed by atoms with Crippen LogP contribution in [0.2, 0.25) is 5.02 Å². The summed E-state index contributed by atoms with van der Waals surface area (Å²) in [6.07, 6.45) is 1.51. The molecule has 0 amide bonds. The quantitative estimate of drug-likeness (QED) is 0.305. The van der Waals surface area contributed by atoms with E-state index >= 15 is 0 Å². The van der Waals surface area contributed by atoms with E-state index in [0.717, 1.165) is 42.3 Å². The lowest BCUT2D eigenvalue weighted by Gasteiger charge is -2.28. The van der Waals surface area contributed by atoms with Gasteiger partial charge in [0, 0.05) is 24.3 Å². The van der Waals surface area contributed by atoms with Crippen molar-refractivity contribution in [1.82, 2.24) is 14.5 Å². The Morgan fingerprint density at radius 3 is 2.49 bits per heavy atom. The zero-order chi connectivity index (χ0) is 24.4. The van der Waals surface area contributed by atoms with Gasteiger partial charge in [0.1, 0.15) is 34.8 Å². The van der Waals surface area contributed by atoms with E-state index in [1.54, 1.807) is 24.3 Å². The van der Waals surface area contributed by atoms with Crippen molar-refractivity contribution in [3.8, 4) is 11.3 Å². The second-order valence-corrected chi connectivity index (χ2v) is 9.02. The summed E-state index contributed by atoms with van der Waals surface area (Å²) in [5.41, 5.74) is 2.71. The monoisotopic (exact) mass is 496 g/mol. The Balaban J connectivity index is 1.38. The molecule has 0 spiro atoms. The first-order valence-electron chi connectivity index (χ1n) is 11.5. The fraction of sp³-hybridized carbons (Fsp3) is 0.222. The van der Waals surface area contributed by atoms with Crippen LogP contribution in [0.5, 0.6) is 0 Å². The van der Waals surface area contributed by atoms with Gasteiger partial charge in [0.2, 0.25) is 0 Å². The van der Waals surface area contributed by atoms with Gasteiger partial charge in [-0.1, -0.05) is 29.8 Å². The van der Waals surface area contributed by atoms with Gasteiger partial charge in [-0.25, -0.2) is 18.2 Å². The Labute approximate surface area is 207 Å². The molecule has 0 saturated carbocycles. The van der Waals surface area contributed by atoms with Crippen LogP contribution in [0.25, 0.3) is 11.3 Å². The largest absolute Gasteiger partial charge is 0.340 e. The average molecular weight is 497 g/mol. The van der Waals surface area contributed by atoms with Gasteiger partial charge in [-0.3, -0.25) is 4.90 Å². The Morgan fingerprint density at radius 1 is 0.914 bits per heavy atom. The number of imidazole rings is 1. The number of anilines is 2. The van der Waals surface area contributed by atoms with E-state index in [-0.39, 0.29) is 16.7 Å². The van der Waals surface area contributed by atoms with Gasteiger partial charge in [-0.15, -0.1) is 0 Å². The van der Waals surface area contributed by atoms with Crippen molar-refractivity contribution in [3.63, 3.8) is 0 Å². The van der Waals surface area contributed by atoms with Crippen molar-refractivity contribution in [2.24, 2.45) is 0 Å². The molecule has 180 valence electrons. The van der Waals surface area contributed by atoms with E-state index in [4.69, 9.17) is 16.6 Å². The van der Waals surface area contributed by atoms with Crippen LogP contribution < -0.4 is 5.32 Å². The highest BCUT2D eigenvalue weighted by Gasteiger charge is 2.24. The number of halogens is 4. The number of nitrogens with zero attached hydrogens (tertiary/aromatic N) is 3. The second-order valence-electron chi connectivity index (χ2n) is 8.61. The molecular weight excluding hydrogens is 473 g/mol. The molecule has 2 heterocycles. The zero-order valence-corrected chi connectivity index (χ0v) is 19.7. The van der Waals surface area contributed by atoms with Crippen LogP contribution in [0.1, 0.15) is 17.8 Å². The maximum Gasteiger partial charge on any atom is 0.143 e. The van der Waals surface area contributed by atoms with Crippen LogP contribution in [0, 0.1) is 17.5 Å². The molecule has 4 aromatic rings. The fourth-order valence-electron chi connectivity index (χ4n) is 4.41. The first kappa shape index (κ1) is 23.5. The molecule has 5 rings (SSSR count). The van der Waals surface area contributed by atoms with Gasteiger partial charge in [0.15, 0.2) is 0 Å². The topological polar surface area (TPSA) is 33.1 Å². The maximum atomic E-state index is 14.1. The lowest BCUT2D eigenvalue weighted by Crippen LogP contribution is -2.35. The molecule has 0 saturated heterocycles. The lowest BCUT2D eigenvalue weighted by atomic mass is 10.1. The summed E-state index contributed by atoms with van der Waals surface area (Å²) >= 11 is 5.84. The minimum atomic E-state index is -0.514. The van der Waals surface area contributed by atoms with Gasteiger partial charge in [-0.05, 0) is 73.5 Å². The molecule has 0 atom stereocenters. The number of hydrogen-bond acceptors (Lipinski definition) is 3. The molecule has 8 heteroatoms. The van der Waals surface area contributed by atoms with E-state index in [2.05, 4.69) is 14.8 Å². The summed E-state index contributed by atoms with van der Waals surface area (Å²) in [5.74, 6) is 0.574. The summed E-state index contributed by atoms with van der Waals surface area (Å²) < 4.78 is 43.6. The van der Waals surface area contributed by atoms with Crippen LogP contribution in [0.4, 0.5) is 24.7 Å². The van der Waals surface area contributed by atoms with Crippen molar-refractivity contribution in [3.05, 3.63) is 101 Å². The normalized spacial score (nSPS) is 13.6. The standard InChI is InChI=1S/C27H24ClF3N4/c28-22-12-11-21(16-24(22)31)32-27-26(19-7-9-20(29)10-8-19)33-25-17-34(14-15-35(25)27)13-3-5-18-4-1-2-6-23(18)30/h1-2,4,6-12,16,32H,3,5,13-15,17H2. The smallest absolute Gasteiger partial charge is 0.143 e. The third-order valence-corrected chi connectivity index (χ3v) is 6.54. The van der Waals surface area contributed by atoms with Gasteiger partial charge < -0.3 is 9.88 Å². The summed E-state index contributed by atoms with van der Waals surface area (Å²) in [5, 5.41) is 3.35. The number of fused-ring (bicyclic) bond motifs is 1. The Hall–Kier alpha value is -3.29. The van der Waals surface area contributed by atoms with Crippen molar-refractivity contribution in [2.45, 2.75) is 25.9 Å². The highest BCUT2D eigenvalue weighted by molar-refractivity contribution is 6.30. The predicted molar refractivity (Wildman–Crippen MR) is 132 cm³/mol. The molecule has 0 radical (unpaired) electrons. The van der Waals surface area contributed by atoms with Crippen molar-refractivity contribution in [2.75, 3.05) is 18.4 Å². The molecule has 0 fully saturated rings. The van der Waals surface area contributed by atoms with Crippen LogP contribution in [0.15, 0.2) is 66.7 Å². The first-order valence-corrected chi connectivity index (χ1v) is 11.9. The van der Waals surface area contributed by atoms with Crippen molar-refractivity contribution < 1.29 is 13.2 Å². The molecule has 1 aromatic heterocycles. The SMILES string of the molecule is Fc1ccc(-c2nc3n(c2Nc2ccc(Cl)c(F)c2)CCN(CCCc2ccccc2F)C3)cc1. The van der Waals surface area contributed by atoms with Crippen LogP contribution in [-0.2, 0) is 19.5 Å². The molecule has 0 unspecified atom stereocenters. The molecule has 0 bridgehead atoms. The summed E-state index contributed by atoms with van der Waals surface area (Å²) in [7, 11) is 0. The van der Waals surface area contributed by atoms with E-state index in [0.29, 0.717) is 30.9 Å². The van der Waals surface area contributed by atoms with E-state index in [1.165, 1.54) is 30.3 Å². The third kappa shape index (κ3) is 5.21. The number of nitrogens with one attached hydrogen (secondary N) is 1. The summed E-state index contributed by atoms with van der Waals surface area (Å²) in [4.78, 5) is 7.17. The van der Waals surface area contributed by atoms with Crippen molar-refractivity contribution in [1.29, 1.82) is 0 Å². The predicted octanol–water partition coefficient (Wildman–Crippen LogP) is 6.81. The average Bonchev–Trinajstić information content (AvgIpc) is 3.20. The van der Waals surface area contributed by atoms with Crippen LogP contribution in [0.3, 0.4) is 0 Å². The number of hydrogen-bond donors (Lipinski definition) is 1. The molecule has 1 aliphatic heterocycles. The molecule has 0 aliphatic carbocycles. The molecule has 1 aliphatic rings. The number of aromatic nitrogens is 2. The highest BCUT2D eigenvalue weighted by atomic mass is 35.5. The molecule has 3 aromatic carbocycles. The Bertz CT molecular complexity index is 1340. The fourth-order valence-corrected chi connectivity index (χ4v) is 4.53. The summed E-state index contributed by atoms with van der Waals surface area (Å²) in [6.45, 7) is 2.93. The highest BCUT2D eigenvalue weighted by Crippen LogP contribution is 2.34.